The molecule has 8 nitrogen and oxygen atoms in total. The van der Waals surface area contributed by atoms with Crippen LogP contribution in [0.4, 0.5) is 4.79 Å². The number of ether oxygens (including phenoxy) is 2. The van der Waals surface area contributed by atoms with Crippen LogP contribution in [0.25, 0.3) is 10.9 Å². The molecule has 2 aromatic carbocycles. The molecule has 4 saturated carbocycles. The molecule has 4 aliphatic carbocycles. The third kappa shape index (κ3) is 6.54. The van der Waals surface area contributed by atoms with Gasteiger partial charge < -0.3 is 29.6 Å². The smallest absolute Gasteiger partial charge is 0.318 e. The van der Waals surface area contributed by atoms with E-state index in [0.717, 1.165) is 48.1 Å². The molecule has 44 heavy (non-hydrogen) atoms. The maximum Gasteiger partial charge on any atom is 0.318 e. The Bertz CT molecular complexity index is 1440. The number of aromatic nitrogens is 1. The van der Waals surface area contributed by atoms with Crippen LogP contribution in [0.15, 0.2) is 48.7 Å². The van der Waals surface area contributed by atoms with Gasteiger partial charge >= 0.3 is 6.03 Å². The van der Waals surface area contributed by atoms with Crippen molar-refractivity contribution in [3.8, 4) is 11.5 Å². The van der Waals surface area contributed by atoms with Crippen LogP contribution in [0.3, 0.4) is 0 Å². The lowest BCUT2D eigenvalue weighted by atomic mass is 9.53. The number of hydrogen-bond acceptors (Lipinski definition) is 4. The van der Waals surface area contributed by atoms with E-state index in [1.807, 2.05) is 41.4 Å². The molecule has 0 atom stereocenters. The summed E-state index contributed by atoms with van der Waals surface area (Å²) in [6.07, 6.45) is 9.97. The molecule has 4 aliphatic rings. The zero-order valence-corrected chi connectivity index (χ0v) is 26.7. The fourth-order valence-corrected chi connectivity index (χ4v) is 8.58. The number of rotatable bonds is 12. The number of nitrogens with one attached hydrogen (secondary N) is 2. The number of carbonyl (C=O) groups excluding carboxylic acids is 2. The summed E-state index contributed by atoms with van der Waals surface area (Å²) >= 11 is 0. The van der Waals surface area contributed by atoms with Gasteiger partial charge in [-0.1, -0.05) is 38.1 Å². The second-order valence-corrected chi connectivity index (χ2v) is 14.0. The first-order chi connectivity index (χ1) is 21.2. The van der Waals surface area contributed by atoms with E-state index in [9.17, 15) is 9.59 Å². The van der Waals surface area contributed by atoms with Crippen molar-refractivity contribution < 1.29 is 19.1 Å². The number of para-hydroxylation sites is 1. The van der Waals surface area contributed by atoms with Gasteiger partial charge in [0.05, 0.1) is 14.2 Å². The first-order valence-corrected chi connectivity index (χ1v) is 16.3. The van der Waals surface area contributed by atoms with Gasteiger partial charge in [0.2, 0.25) is 5.91 Å². The summed E-state index contributed by atoms with van der Waals surface area (Å²) in [5.74, 6) is 3.69. The maximum atomic E-state index is 14.1. The van der Waals surface area contributed by atoms with E-state index >= 15 is 0 Å². The zero-order valence-electron chi connectivity index (χ0n) is 26.7. The Balaban J connectivity index is 1.20. The summed E-state index contributed by atoms with van der Waals surface area (Å²) < 4.78 is 11.0. The van der Waals surface area contributed by atoms with E-state index in [0.29, 0.717) is 37.6 Å². The second kappa shape index (κ2) is 12.7. The number of carbonyl (C=O) groups is 2. The Hall–Kier alpha value is -3.68. The highest BCUT2D eigenvalue weighted by molar-refractivity contribution is 5.85. The zero-order chi connectivity index (χ0) is 30.8. The van der Waals surface area contributed by atoms with Gasteiger partial charge in [0.15, 0.2) is 11.5 Å². The number of aromatic amines is 1. The molecule has 0 aliphatic heterocycles. The fraction of sp³-hybridized carbons (Fsp3) is 0.556. The van der Waals surface area contributed by atoms with Gasteiger partial charge in [-0.15, -0.1) is 0 Å². The number of methoxy groups -OCH3 is 2. The molecular formula is C36H48N4O4. The fourth-order valence-electron chi connectivity index (χ4n) is 8.58. The average molecular weight is 601 g/mol. The van der Waals surface area contributed by atoms with Crippen molar-refractivity contribution in [2.24, 2.45) is 23.7 Å². The number of hydrogen-bond donors (Lipinski definition) is 2. The number of nitrogens with zero attached hydrogens (tertiary/aromatic N) is 2. The average Bonchev–Trinajstić information content (AvgIpc) is 3.40. The lowest BCUT2D eigenvalue weighted by molar-refractivity contribution is -0.132. The van der Waals surface area contributed by atoms with Crippen LogP contribution in [0.2, 0.25) is 0 Å². The maximum absolute atomic E-state index is 14.1. The Morgan fingerprint density at radius 1 is 0.955 bits per heavy atom. The number of urea groups is 1. The number of fused-ring (bicyclic) bond motifs is 1. The van der Waals surface area contributed by atoms with E-state index in [4.69, 9.17) is 9.47 Å². The van der Waals surface area contributed by atoms with E-state index in [1.54, 1.807) is 19.1 Å². The molecule has 0 radical (unpaired) electrons. The molecule has 1 heterocycles. The number of benzene rings is 2. The molecule has 4 fully saturated rings. The second-order valence-electron chi connectivity index (χ2n) is 14.0. The topological polar surface area (TPSA) is 86.9 Å². The Labute approximate surface area is 261 Å². The predicted octanol–water partition coefficient (Wildman–Crippen LogP) is 6.39. The van der Waals surface area contributed by atoms with Gasteiger partial charge in [0.25, 0.3) is 0 Å². The Kier molecular flexibility index (Phi) is 8.79. The van der Waals surface area contributed by atoms with Crippen molar-refractivity contribution in [3.05, 3.63) is 59.8 Å². The van der Waals surface area contributed by atoms with Crippen LogP contribution in [-0.2, 0) is 17.8 Å². The summed E-state index contributed by atoms with van der Waals surface area (Å²) in [4.78, 5) is 35.1. The lowest BCUT2D eigenvalue weighted by Crippen LogP contribution is -2.62. The highest BCUT2D eigenvalue weighted by Crippen LogP contribution is 2.55. The molecule has 236 valence electrons. The minimum atomic E-state index is -0.0984. The van der Waals surface area contributed by atoms with Crippen LogP contribution in [-0.4, -0.2) is 66.1 Å². The van der Waals surface area contributed by atoms with Gasteiger partial charge in [0, 0.05) is 42.3 Å². The number of amides is 3. The van der Waals surface area contributed by atoms with Gasteiger partial charge in [-0.25, -0.2) is 4.79 Å². The molecule has 7 rings (SSSR count). The summed E-state index contributed by atoms with van der Waals surface area (Å²) in [5, 5.41) is 4.68. The molecule has 0 unspecified atom stereocenters. The van der Waals surface area contributed by atoms with Crippen LogP contribution in [0, 0.1) is 23.7 Å². The summed E-state index contributed by atoms with van der Waals surface area (Å²) in [5.41, 5.74) is 3.11. The largest absolute Gasteiger partial charge is 0.493 e. The molecule has 8 heteroatoms. The highest BCUT2D eigenvalue weighted by atomic mass is 16.5. The first-order valence-electron chi connectivity index (χ1n) is 16.3. The number of H-pyrrole nitrogens is 1. The SMILES string of the molecule is COc1ccc(CN(CCc2c[nH]c3ccccc23)C(=O)CN(CC(C)C)C(=O)NC23CC4CC(CC(C4)C2)C3)cc1OC. The third-order valence-electron chi connectivity index (χ3n) is 10.1. The minimum absolute atomic E-state index is 0.0531. The molecule has 0 spiro atoms. The molecule has 3 aromatic rings. The summed E-state index contributed by atoms with van der Waals surface area (Å²) in [6.45, 7) is 5.74. The van der Waals surface area contributed by atoms with Crippen LogP contribution < -0.4 is 14.8 Å². The summed E-state index contributed by atoms with van der Waals surface area (Å²) in [6, 6.07) is 13.9. The monoisotopic (exact) mass is 600 g/mol. The van der Waals surface area contributed by atoms with Gasteiger partial charge in [-0.2, -0.15) is 0 Å². The Morgan fingerprint density at radius 2 is 1.64 bits per heavy atom. The van der Waals surface area contributed by atoms with E-state index in [-0.39, 0.29) is 29.9 Å². The van der Waals surface area contributed by atoms with Crippen molar-refractivity contribution in [2.75, 3.05) is 33.9 Å². The van der Waals surface area contributed by atoms with Gasteiger partial charge in [-0.3, -0.25) is 4.79 Å². The quantitative estimate of drug-likeness (QED) is 0.252. The van der Waals surface area contributed by atoms with Crippen LogP contribution in [0.1, 0.15) is 63.5 Å². The summed E-state index contributed by atoms with van der Waals surface area (Å²) in [7, 11) is 3.24. The van der Waals surface area contributed by atoms with Crippen LogP contribution >= 0.6 is 0 Å². The molecule has 3 amide bonds. The van der Waals surface area contributed by atoms with E-state index in [1.165, 1.54) is 30.2 Å². The van der Waals surface area contributed by atoms with Crippen molar-refractivity contribution in [1.82, 2.24) is 20.1 Å². The van der Waals surface area contributed by atoms with Crippen molar-refractivity contribution in [1.29, 1.82) is 0 Å². The van der Waals surface area contributed by atoms with Gasteiger partial charge in [0.1, 0.15) is 6.54 Å². The normalized spacial score (nSPS) is 23.6. The Morgan fingerprint density at radius 3 is 2.30 bits per heavy atom. The van der Waals surface area contributed by atoms with Gasteiger partial charge in [-0.05, 0) is 97.9 Å². The van der Waals surface area contributed by atoms with Crippen molar-refractivity contribution >= 4 is 22.8 Å². The predicted molar refractivity (Wildman–Crippen MR) is 173 cm³/mol. The van der Waals surface area contributed by atoms with E-state index in [2.05, 4.69) is 36.3 Å². The van der Waals surface area contributed by atoms with Crippen LogP contribution in [0.5, 0.6) is 11.5 Å². The first kappa shape index (κ1) is 30.4. The standard InChI is InChI=1S/C36H48N4O4/c1-24(2)21-40(35(42)38-36-17-26-13-27(18-36)15-28(14-26)19-36)23-34(41)39(22-25-9-10-32(43-3)33(16-25)44-4)12-11-29-20-37-31-8-6-5-7-30(29)31/h5-10,16,20,24,26-28,37H,11-15,17-19,21-23H2,1-4H3,(H,38,42). The molecule has 4 bridgehead atoms. The molecule has 0 saturated heterocycles. The molecule has 2 N–H and O–H groups in total. The van der Waals surface area contributed by atoms with E-state index < -0.39 is 0 Å². The van der Waals surface area contributed by atoms with Crippen molar-refractivity contribution in [2.45, 2.75) is 70.9 Å². The minimum Gasteiger partial charge on any atom is -0.493 e. The third-order valence-corrected chi connectivity index (χ3v) is 10.1. The highest BCUT2D eigenvalue weighted by Gasteiger charge is 2.52. The molecular weight excluding hydrogens is 552 g/mol. The van der Waals surface area contributed by atoms with Crippen molar-refractivity contribution in [3.63, 3.8) is 0 Å². The lowest BCUT2D eigenvalue weighted by Gasteiger charge is -2.57. The molecule has 1 aromatic heterocycles.